The number of ketones is 1. The highest BCUT2D eigenvalue weighted by Gasteiger charge is 2.37. The Kier molecular flexibility index (Phi) is 7.68. The summed E-state index contributed by atoms with van der Waals surface area (Å²) in [5.41, 5.74) is 2.62. The fourth-order valence-electron chi connectivity index (χ4n) is 6.47. The third-order valence-corrected chi connectivity index (χ3v) is 8.31. The Morgan fingerprint density at radius 1 is 1.05 bits per heavy atom. The average molecular weight is 592 g/mol. The molecule has 2 aromatic carbocycles. The summed E-state index contributed by atoms with van der Waals surface area (Å²) >= 11 is 0. The summed E-state index contributed by atoms with van der Waals surface area (Å²) < 4.78 is 56.8. The molecule has 2 aromatic heterocycles. The van der Waals surface area contributed by atoms with Gasteiger partial charge in [0.15, 0.2) is 5.78 Å². The Bertz CT molecular complexity index is 1720. The molecule has 6 rings (SSSR count). The van der Waals surface area contributed by atoms with E-state index in [1.54, 1.807) is 17.1 Å². The zero-order chi connectivity index (χ0) is 30.5. The van der Waals surface area contributed by atoms with Crippen molar-refractivity contribution in [2.24, 2.45) is 5.92 Å². The summed E-state index contributed by atoms with van der Waals surface area (Å²) in [5.74, 6) is -0.951. The van der Waals surface area contributed by atoms with Gasteiger partial charge in [-0.3, -0.25) is 19.4 Å². The number of nitrogens with zero attached hydrogens (tertiary/aromatic N) is 5. The minimum Gasteiger partial charge on any atom is -0.309 e. The summed E-state index contributed by atoms with van der Waals surface area (Å²) in [7, 11) is 4.12. The zero-order valence-corrected chi connectivity index (χ0v) is 24.3. The summed E-state index contributed by atoms with van der Waals surface area (Å²) in [4.78, 5) is 22.6. The van der Waals surface area contributed by atoms with Crippen molar-refractivity contribution >= 4 is 16.6 Å². The van der Waals surface area contributed by atoms with Gasteiger partial charge < -0.3 is 4.90 Å². The molecule has 4 heterocycles. The second-order valence-electron chi connectivity index (χ2n) is 12.1. The van der Waals surface area contributed by atoms with Crippen molar-refractivity contribution in [3.05, 3.63) is 106 Å². The lowest BCUT2D eigenvalue weighted by atomic mass is 9.85. The first kappa shape index (κ1) is 29.2. The van der Waals surface area contributed by atoms with Gasteiger partial charge in [-0.25, -0.2) is 4.39 Å². The van der Waals surface area contributed by atoms with E-state index in [9.17, 15) is 22.4 Å². The number of carbonyl (C=O) groups is 1. The number of rotatable bonds is 8. The van der Waals surface area contributed by atoms with E-state index in [1.165, 1.54) is 6.07 Å². The fraction of sp³-hybridized carbons (Fsp3) is 0.364. The van der Waals surface area contributed by atoms with Gasteiger partial charge in [-0.2, -0.15) is 18.3 Å². The van der Waals surface area contributed by atoms with Crippen molar-refractivity contribution in [3.63, 3.8) is 0 Å². The van der Waals surface area contributed by atoms with Crippen molar-refractivity contribution in [2.75, 3.05) is 33.7 Å². The largest absolute Gasteiger partial charge is 0.419 e. The van der Waals surface area contributed by atoms with E-state index in [1.807, 2.05) is 37.3 Å². The number of Topliss-reactive ketones (excluding diaryl/α,β-unsaturated/α-hetero) is 1. The van der Waals surface area contributed by atoms with E-state index in [4.69, 9.17) is 5.10 Å². The molecule has 2 aliphatic rings. The van der Waals surface area contributed by atoms with Crippen LogP contribution >= 0.6 is 0 Å². The molecule has 4 aromatic rings. The zero-order valence-electron chi connectivity index (χ0n) is 24.3. The highest BCUT2D eigenvalue weighted by atomic mass is 19.4. The Labute approximate surface area is 247 Å². The van der Waals surface area contributed by atoms with E-state index in [-0.39, 0.29) is 17.8 Å². The van der Waals surface area contributed by atoms with Crippen LogP contribution in [0.15, 0.2) is 72.1 Å². The Morgan fingerprint density at radius 3 is 2.56 bits per heavy atom. The molecule has 1 fully saturated rings. The highest BCUT2D eigenvalue weighted by molar-refractivity contribution is 5.99. The normalized spacial score (nSPS) is 17.9. The number of pyridine rings is 1. The first-order valence-corrected chi connectivity index (χ1v) is 14.3. The number of hydrogen-bond donors (Lipinski definition) is 0. The summed E-state index contributed by atoms with van der Waals surface area (Å²) in [6.07, 6.45) is -0.814. The van der Waals surface area contributed by atoms with Gasteiger partial charge in [-0.1, -0.05) is 29.8 Å². The maximum absolute atomic E-state index is 14.9. The number of allylic oxidation sites excluding steroid dienone is 2. The van der Waals surface area contributed by atoms with Crippen LogP contribution < -0.4 is 0 Å². The minimum atomic E-state index is -4.82. The lowest BCUT2D eigenvalue weighted by molar-refractivity contribution is -0.140. The lowest BCUT2D eigenvalue weighted by Gasteiger charge is -2.40. The molecule has 0 spiro atoms. The summed E-state index contributed by atoms with van der Waals surface area (Å²) in [5, 5.41) is 6.76. The molecular weight excluding hydrogens is 558 g/mol. The molecule has 1 unspecified atom stereocenters. The standard InChI is InChI=1S/C33H33F4N5O/c1-20-10-27-14-26(19-41-17-22(18-41)16-40(2)3)39-42(27)32(24-6-7-28(29(34)13-24)33(35,36)37)31(20)30(43)12-21-4-5-25-15-38-9-8-23(25)11-21/h4-9,11,13-15,22,32H,10,12,16-19H2,1-3H3. The minimum absolute atomic E-state index is 0.0923. The number of halogens is 4. The third-order valence-electron chi connectivity index (χ3n) is 8.31. The Morgan fingerprint density at radius 2 is 1.84 bits per heavy atom. The molecule has 0 bridgehead atoms. The van der Waals surface area contributed by atoms with Gasteiger partial charge in [0.2, 0.25) is 0 Å². The number of aromatic nitrogens is 3. The van der Waals surface area contributed by atoms with Crippen molar-refractivity contribution in [1.29, 1.82) is 0 Å². The Hall–Kier alpha value is -3.89. The van der Waals surface area contributed by atoms with Crippen LogP contribution in [0.5, 0.6) is 0 Å². The monoisotopic (exact) mass is 591 g/mol. The number of carbonyl (C=O) groups excluding carboxylic acids is 1. The van der Waals surface area contributed by atoms with Crippen molar-refractivity contribution in [3.8, 4) is 0 Å². The fourth-order valence-corrected chi connectivity index (χ4v) is 6.47. The predicted molar refractivity (Wildman–Crippen MR) is 156 cm³/mol. The molecule has 1 atom stereocenters. The van der Waals surface area contributed by atoms with Gasteiger partial charge in [0.1, 0.15) is 11.9 Å². The smallest absolute Gasteiger partial charge is 0.309 e. The number of likely N-dealkylation sites (tertiary alicyclic amines) is 1. The van der Waals surface area contributed by atoms with Crippen LogP contribution in [0.3, 0.4) is 0 Å². The van der Waals surface area contributed by atoms with E-state index >= 15 is 0 Å². The average Bonchev–Trinajstić information content (AvgIpc) is 3.31. The molecule has 0 N–H and O–H groups in total. The van der Waals surface area contributed by atoms with Crippen molar-refractivity contribution in [2.45, 2.75) is 38.5 Å². The van der Waals surface area contributed by atoms with Gasteiger partial charge >= 0.3 is 6.18 Å². The number of hydrogen-bond acceptors (Lipinski definition) is 5. The molecule has 2 aliphatic heterocycles. The van der Waals surface area contributed by atoms with E-state index in [0.29, 0.717) is 24.5 Å². The van der Waals surface area contributed by atoms with Crippen molar-refractivity contribution < 1.29 is 22.4 Å². The molecule has 0 aliphatic carbocycles. The van der Waals surface area contributed by atoms with Gasteiger partial charge in [-0.05, 0) is 67.7 Å². The van der Waals surface area contributed by atoms with Gasteiger partial charge in [-0.15, -0.1) is 0 Å². The maximum Gasteiger partial charge on any atom is 0.419 e. The molecule has 0 radical (unpaired) electrons. The highest BCUT2D eigenvalue weighted by Crippen LogP contribution is 2.39. The number of alkyl halides is 3. The maximum atomic E-state index is 14.9. The SMILES string of the molecule is CC1=C(C(=O)Cc2ccc3cnccc3c2)C(c2ccc(C(F)(F)F)c(F)c2)n2nc(CN3CC(CN(C)C)C3)cc2C1. The van der Waals surface area contributed by atoms with E-state index in [2.05, 4.69) is 28.9 Å². The molecular formula is C33H33F4N5O. The first-order chi connectivity index (χ1) is 20.5. The second kappa shape index (κ2) is 11.3. The number of fused-ring (bicyclic) bond motifs is 2. The molecule has 0 saturated carbocycles. The molecule has 43 heavy (non-hydrogen) atoms. The topological polar surface area (TPSA) is 54.3 Å². The molecule has 6 nitrogen and oxygen atoms in total. The third kappa shape index (κ3) is 5.99. The molecule has 224 valence electrons. The van der Waals surface area contributed by atoms with Crippen LogP contribution in [-0.4, -0.2) is 64.1 Å². The van der Waals surface area contributed by atoms with Gasteiger partial charge in [0, 0.05) is 68.1 Å². The summed E-state index contributed by atoms with van der Waals surface area (Å²) in [6.45, 7) is 5.42. The van der Waals surface area contributed by atoms with Crippen LogP contribution in [-0.2, 0) is 30.4 Å². The molecule has 0 amide bonds. The van der Waals surface area contributed by atoms with E-state index < -0.39 is 23.6 Å². The van der Waals surface area contributed by atoms with Crippen LogP contribution in [0.1, 0.15) is 41.0 Å². The Balaban J connectivity index is 1.34. The van der Waals surface area contributed by atoms with Crippen LogP contribution in [0, 0.1) is 11.7 Å². The van der Waals surface area contributed by atoms with Crippen LogP contribution in [0.25, 0.3) is 10.8 Å². The van der Waals surface area contributed by atoms with Crippen LogP contribution in [0.2, 0.25) is 0 Å². The summed E-state index contributed by atoms with van der Waals surface area (Å²) in [6, 6.07) is 11.7. The molecule has 1 saturated heterocycles. The molecule has 10 heteroatoms. The second-order valence-corrected chi connectivity index (χ2v) is 12.1. The number of benzene rings is 2. The predicted octanol–water partition coefficient (Wildman–Crippen LogP) is 5.86. The lowest BCUT2D eigenvalue weighted by Crippen LogP contribution is -2.49. The quantitative estimate of drug-likeness (QED) is 0.241. The van der Waals surface area contributed by atoms with E-state index in [0.717, 1.165) is 65.1 Å². The first-order valence-electron chi connectivity index (χ1n) is 14.3. The van der Waals surface area contributed by atoms with Crippen molar-refractivity contribution in [1.82, 2.24) is 24.6 Å². The van der Waals surface area contributed by atoms with Gasteiger partial charge in [0.05, 0.1) is 11.3 Å². The van der Waals surface area contributed by atoms with Crippen LogP contribution in [0.4, 0.5) is 17.6 Å². The van der Waals surface area contributed by atoms with Gasteiger partial charge in [0.25, 0.3) is 0 Å².